The van der Waals surface area contributed by atoms with Gasteiger partial charge in [0.25, 0.3) is 0 Å². The fraction of sp³-hybridized carbons (Fsp3) is 1.00. The summed E-state index contributed by atoms with van der Waals surface area (Å²) >= 11 is 0. The molecule has 3 heteroatoms. The molecule has 0 aromatic rings. The van der Waals surface area contributed by atoms with E-state index in [0.29, 0.717) is 15.8 Å². The Kier molecular flexibility index (Phi) is 59.8. The molecule has 0 unspecified atom stereocenters. The van der Waals surface area contributed by atoms with E-state index in [1.54, 1.807) is 37.0 Å². The molecule has 51 heavy (non-hydrogen) atoms. The molecule has 0 rings (SSSR count). The molecule has 0 aliphatic rings. The molecule has 0 spiro atoms. The van der Waals surface area contributed by atoms with E-state index < -0.39 is 0 Å². The molecule has 0 heterocycles. The third kappa shape index (κ3) is 51.5. The molecule has 0 radical (unpaired) electrons. The zero-order valence-corrected chi connectivity index (χ0v) is 40.3. The predicted molar refractivity (Wildman–Crippen MR) is 243 cm³/mol. The van der Waals surface area contributed by atoms with Gasteiger partial charge in [0.05, 0.1) is 0 Å². The van der Waals surface area contributed by atoms with Crippen LogP contribution in [0.25, 0.3) is 0 Å². The van der Waals surface area contributed by atoms with E-state index in [0.717, 1.165) is 0 Å². The van der Waals surface area contributed by atoms with Gasteiger partial charge in [-0.2, -0.15) is 0 Å². The SMILES string of the molecule is CCCCCCCCP(CCCCCCCC)CCCCCCCC.CCCCCCCCP(CCCCCCCC)CCCCCCCC.[Pd]. The van der Waals surface area contributed by atoms with Crippen LogP contribution in [-0.4, -0.2) is 37.0 Å². The Morgan fingerprint density at radius 3 is 0.431 bits per heavy atom. The average molecular weight is 848 g/mol. The van der Waals surface area contributed by atoms with Crippen molar-refractivity contribution in [3.63, 3.8) is 0 Å². The third-order valence-corrected chi connectivity index (χ3v) is 16.7. The molecule has 0 aromatic carbocycles. The summed E-state index contributed by atoms with van der Waals surface area (Å²) in [5.74, 6) is 0. The summed E-state index contributed by atoms with van der Waals surface area (Å²) in [6.07, 6.45) is 62.5. The van der Waals surface area contributed by atoms with Gasteiger partial charge in [-0.3, -0.25) is 0 Å². The first-order valence-corrected chi connectivity index (χ1v) is 27.9. The van der Waals surface area contributed by atoms with Gasteiger partial charge < -0.3 is 0 Å². The molecular weight excluding hydrogens is 745 g/mol. The summed E-state index contributed by atoms with van der Waals surface area (Å²) in [6, 6.07) is 0. The van der Waals surface area contributed by atoms with E-state index in [1.807, 2.05) is 0 Å². The van der Waals surface area contributed by atoms with E-state index in [4.69, 9.17) is 0 Å². The summed E-state index contributed by atoms with van der Waals surface area (Å²) in [5, 5.41) is 0. The van der Waals surface area contributed by atoms with Gasteiger partial charge in [0.1, 0.15) is 0 Å². The van der Waals surface area contributed by atoms with Crippen molar-refractivity contribution in [3.8, 4) is 0 Å². The van der Waals surface area contributed by atoms with Gasteiger partial charge >= 0.3 is 0 Å². The van der Waals surface area contributed by atoms with Gasteiger partial charge in [0.2, 0.25) is 0 Å². The summed E-state index contributed by atoms with van der Waals surface area (Å²) in [7, 11) is 0.732. The van der Waals surface area contributed by atoms with Gasteiger partial charge in [-0.05, 0) is 75.5 Å². The van der Waals surface area contributed by atoms with E-state index in [2.05, 4.69) is 41.5 Å². The molecule has 0 fully saturated rings. The molecule has 0 N–H and O–H groups in total. The number of rotatable bonds is 42. The van der Waals surface area contributed by atoms with Crippen molar-refractivity contribution in [2.75, 3.05) is 37.0 Å². The normalized spacial score (nSPS) is 11.3. The van der Waals surface area contributed by atoms with Crippen LogP contribution in [0, 0.1) is 0 Å². The number of unbranched alkanes of at least 4 members (excludes halogenated alkanes) is 30. The van der Waals surface area contributed by atoms with Crippen molar-refractivity contribution < 1.29 is 20.4 Å². The summed E-state index contributed by atoms with van der Waals surface area (Å²) in [5.41, 5.74) is 0. The second-order valence-electron chi connectivity index (χ2n) is 16.3. The maximum atomic E-state index is 2.32. The average Bonchev–Trinajstić information content (AvgIpc) is 3.13. The minimum atomic E-state index is 0. The summed E-state index contributed by atoms with van der Waals surface area (Å²) in [6.45, 7) is 13.9. The van der Waals surface area contributed by atoms with Crippen molar-refractivity contribution >= 4 is 15.8 Å². The molecule has 0 saturated carbocycles. The van der Waals surface area contributed by atoms with E-state index in [1.165, 1.54) is 231 Å². The van der Waals surface area contributed by atoms with Crippen molar-refractivity contribution in [1.29, 1.82) is 0 Å². The van der Waals surface area contributed by atoms with Crippen LogP contribution in [0.4, 0.5) is 0 Å². The Bertz CT molecular complexity index is 431. The Hall–Kier alpha value is 1.52. The minimum Gasteiger partial charge on any atom is -0.107 e. The van der Waals surface area contributed by atoms with Gasteiger partial charge in [-0.25, -0.2) is 0 Å². The van der Waals surface area contributed by atoms with Crippen LogP contribution in [0.2, 0.25) is 0 Å². The smallest absolute Gasteiger partial charge is 0 e. The van der Waals surface area contributed by atoms with Gasteiger partial charge in [0.15, 0.2) is 0 Å². The molecule has 0 saturated heterocycles. The first-order valence-electron chi connectivity index (χ1n) is 24.1. The summed E-state index contributed by atoms with van der Waals surface area (Å²) in [4.78, 5) is 0. The molecule has 0 aromatic heterocycles. The molecule has 0 aliphatic carbocycles. The van der Waals surface area contributed by atoms with Crippen LogP contribution < -0.4 is 0 Å². The Morgan fingerprint density at radius 2 is 0.294 bits per heavy atom. The molecule has 0 bridgehead atoms. The maximum absolute atomic E-state index is 2.32. The van der Waals surface area contributed by atoms with Crippen LogP contribution in [0.3, 0.4) is 0 Å². The van der Waals surface area contributed by atoms with Gasteiger partial charge in [0, 0.05) is 20.4 Å². The van der Waals surface area contributed by atoms with Crippen LogP contribution >= 0.6 is 15.8 Å². The van der Waals surface area contributed by atoms with Crippen LogP contribution in [0.1, 0.15) is 273 Å². The molecule has 0 amide bonds. The Labute approximate surface area is 344 Å². The monoisotopic (exact) mass is 847 g/mol. The zero-order chi connectivity index (χ0) is 36.9. The van der Waals surface area contributed by atoms with Crippen LogP contribution in [-0.2, 0) is 20.4 Å². The van der Waals surface area contributed by atoms with Crippen molar-refractivity contribution in [2.24, 2.45) is 0 Å². The Balaban J connectivity index is -0.000000886. The van der Waals surface area contributed by atoms with Crippen molar-refractivity contribution in [2.45, 2.75) is 273 Å². The summed E-state index contributed by atoms with van der Waals surface area (Å²) < 4.78 is 0. The van der Waals surface area contributed by atoms with Crippen LogP contribution in [0.5, 0.6) is 0 Å². The standard InChI is InChI=1S/2C24H51P.Pd/c2*1-4-7-10-13-16-19-22-25(23-20-17-14-11-8-5-2)24-21-18-15-12-9-6-3;/h2*4-24H2,1-3H3;. The van der Waals surface area contributed by atoms with Crippen molar-refractivity contribution in [3.05, 3.63) is 0 Å². The van der Waals surface area contributed by atoms with Crippen molar-refractivity contribution in [1.82, 2.24) is 0 Å². The number of hydrogen-bond acceptors (Lipinski definition) is 0. The quantitative estimate of drug-likeness (QED) is 0.0326. The first-order chi connectivity index (χ1) is 24.7. The third-order valence-electron chi connectivity index (χ3n) is 11.0. The first kappa shape index (κ1) is 56.9. The topological polar surface area (TPSA) is 0 Å². The molecule has 314 valence electrons. The second-order valence-corrected chi connectivity index (χ2v) is 21.7. The van der Waals surface area contributed by atoms with Crippen LogP contribution in [0.15, 0.2) is 0 Å². The molecule has 0 aliphatic heterocycles. The molecular formula is C48H102P2Pd. The van der Waals surface area contributed by atoms with E-state index >= 15 is 0 Å². The van der Waals surface area contributed by atoms with E-state index in [-0.39, 0.29) is 20.4 Å². The second kappa shape index (κ2) is 53.6. The maximum Gasteiger partial charge on any atom is 0 e. The largest absolute Gasteiger partial charge is 0.107 e. The zero-order valence-electron chi connectivity index (χ0n) is 36.9. The fourth-order valence-electron chi connectivity index (χ4n) is 7.37. The predicted octanol–water partition coefficient (Wildman–Crippen LogP) is 19.1. The molecule has 0 nitrogen and oxygen atoms in total. The van der Waals surface area contributed by atoms with Gasteiger partial charge in [-0.15, -0.1) is 15.8 Å². The Morgan fingerprint density at radius 1 is 0.176 bits per heavy atom. The molecule has 0 atom stereocenters. The van der Waals surface area contributed by atoms with E-state index in [9.17, 15) is 0 Å². The minimum absolute atomic E-state index is 0. The fourth-order valence-corrected chi connectivity index (χ4v) is 12.7. The number of hydrogen-bond donors (Lipinski definition) is 0. The van der Waals surface area contributed by atoms with Gasteiger partial charge in [-0.1, -0.05) is 234 Å².